The maximum atomic E-state index is 12.5. The van der Waals surface area contributed by atoms with Crippen molar-refractivity contribution in [2.45, 2.75) is 25.9 Å². The molecule has 18 heavy (non-hydrogen) atoms. The van der Waals surface area contributed by atoms with Crippen LogP contribution < -0.4 is 10.6 Å². The summed E-state index contributed by atoms with van der Waals surface area (Å²) in [6.45, 7) is 3.30. The molecule has 0 spiro atoms. The molecule has 0 aromatic heterocycles. The predicted molar refractivity (Wildman–Crippen MR) is 70.4 cm³/mol. The number of benzene rings is 1. The molecule has 1 saturated heterocycles. The van der Waals surface area contributed by atoms with Crippen LogP contribution in [-0.4, -0.2) is 25.2 Å². The molecule has 2 aliphatic rings. The number of amides is 1. The first-order valence-electron chi connectivity index (χ1n) is 6.47. The molecule has 4 nitrogen and oxygen atoms in total. The molecule has 0 saturated carbocycles. The van der Waals surface area contributed by atoms with Gasteiger partial charge in [-0.1, -0.05) is 12.1 Å². The predicted octanol–water partition coefficient (Wildman–Crippen LogP) is 1.58. The Bertz CT molecular complexity index is 487. The Labute approximate surface area is 107 Å². The SMILES string of the molecule is CC1CC(C(=O)N2CCc3cccc(N)c32)CO1. The highest BCUT2D eigenvalue weighted by atomic mass is 16.5. The summed E-state index contributed by atoms with van der Waals surface area (Å²) < 4.78 is 5.49. The second-order valence-corrected chi connectivity index (χ2v) is 5.17. The first-order valence-corrected chi connectivity index (χ1v) is 6.47. The number of rotatable bonds is 1. The van der Waals surface area contributed by atoms with E-state index in [1.807, 2.05) is 30.0 Å². The van der Waals surface area contributed by atoms with Gasteiger partial charge in [-0.3, -0.25) is 4.79 Å². The molecule has 2 heterocycles. The van der Waals surface area contributed by atoms with Gasteiger partial charge in [0.1, 0.15) is 0 Å². The molecule has 0 bridgehead atoms. The van der Waals surface area contributed by atoms with Crippen molar-refractivity contribution in [3.8, 4) is 0 Å². The summed E-state index contributed by atoms with van der Waals surface area (Å²) in [5.41, 5.74) is 8.80. The fraction of sp³-hybridized carbons (Fsp3) is 0.500. The number of ether oxygens (including phenoxy) is 1. The van der Waals surface area contributed by atoms with E-state index < -0.39 is 0 Å². The molecule has 0 radical (unpaired) electrons. The van der Waals surface area contributed by atoms with Crippen molar-refractivity contribution in [2.24, 2.45) is 5.92 Å². The largest absolute Gasteiger partial charge is 0.397 e. The number of para-hydroxylation sites is 1. The third kappa shape index (κ3) is 1.77. The van der Waals surface area contributed by atoms with Crippen molar-refractivity contribution in [3.63, 3.8) is 0 Å². The fourth-order valence-corrected chi connectivity index (χ4v) is 2.92. The zero-order chi connectivity index (χ0) is 12.7. The lowest BCUT2D eigenvalue weighted by atomic mass is 10.0. The van der Waals surface area contributed by atoms with Gasteiger partial charge in [0, 0.05) is 6.54 Å². The normalized spacial score (nSPS) is 26.4. The van der Waals surface area contributed by atoms with E-state index in [4.69, 9.17) is 10.5 Å². The summed E-state index contributed by atoms with van der Waals surface area (Å²) in [5, 5.41) is 0. The van der Waals surface area contributed by atoms with E-state index in [0.29, 0.717) is 12.3 Å². The van der Waals surface area contributed by atoms with Crippen LogP contribution in [0.4, 0.5) is 11.4 Å². The van der Waals surface area contributed by atoms with E-state index >= 15 is 0 Å². The molecular weight excluding hydrogens is 228 g/mol. The van der Waals surface area contributed by atoms with Gasteiger partial charge >= 0.3 is 0 Å². The Kier molecular flexibility index (Phi) is 2.74. The lowest BCUT2D eigenvalue weighted by molar-refractivity contribution is -0.122. The first kappa shape index (κ1) is 11.5. The van der Waals surface area contributed by atoms with Crippen molar-refractivity contribution in [2.75, 3.05) is 23.8 Å². The lowest BCUT2D eigenvalue weighted by Crippen LogP contribution is -2.35. The third-order valence-corrected chi connectivity index (χ3v) is 3.84. The minimum Gasteiger partial charge on any atom is -0.397 e. The van der Waals surface area contributed by atoms with Crippen molar-refractivity contribution in [3.05, 3.63) is 23.8 Å². The summed E-state index contributed by atoms with van der Waals surface area (Å²) >= 11 is 0. The van der Waals surface area contributed by atoms with Crippen LogP contribution in [0.25, 0.3) is 0 Å². The van der Waals surface area contributed by atoms with E-state index in [0.717, 1.165) is 25.1 Å². The van der Waals surface area contributed by atoms with Gasteiger partial charge in [-0.2, -0.15) is 0 Å². The summed E-state index contributed by atoms with van der Waals surface area (Å²) in [5.74, 6) is 0.154. The Morgan fingerprint density at radius 2 is 2.33 bits per heavy atom. The lowest BCUT2D eigenvalue weighted by Gasteiger charge is -2.21. The molecule has 96 valence electrons. The molecule has 1 amide bonds. The summed E-state index contributed by atoms with van der Waals surface area (Å²) in [6, 6.07) is 5.86. The molecule has 0 aliphatic carbocycles. The Morgan fingerprint density at radius 3 is 3.06 bits per heavy atom. The number of carbonyl (C=O) groups is 1. The molecule has 2 atom stereocenters. The van der Waals surface area contributed by atoms with E-state index in [1.54, 1.807) is 0 Å². The van der Waals surface area contributed by atoms with Gasteiger partial charge in [0.05, 0.1) is 30.0 Å². The fourth-order valence-electron chi connectivity index (χ4n) is 2.92. The van der Waals surface area contributed by atoms with Crippen molar-refractivity contribution in [1.29, 1.82) is 0 Å². The second-order valence-electron chi connectivity index (χ2n) is 5.17. The van der Waals surface area contributed by atoms with Gasteiger partial charge in [0.15, 0.2) is 0 Å². The standard InChI is InChI=1S/C14H18N2O2/c1-9-7-11(8-18-9)14(17)16-6-5-10-3-2-4-12(15)13(10)16/h2-4,9,11H,5-8,15H2,1H3. The zero-order valence-corrected chi connectivity index (χ0v) is 10.6. The Balaban J connectivity index is 1.86. The maximum absolute atomic E-state index is 12.5. The van der Waals surface area contributed by atoms with Gasteiger partial charge < -0.3 is 15.4 Å². The third-order valence-electron chi connectivity index (χ3n) is 3.84. The second kappa shape index (κ2) is 4.28. The van der Waals surface area contributed by atoms with Gasteiger partial charge in [0.25, 0.3) is 0 Å². The summed E-state index contributed by atoms with van der Waals surface area (Å²) in [7, 11) is 0. The molecule has 3 rings (SSSR count). The molecule has 1 fully saturated rings. The average molecular weight is 246 g/mol. The highest BCUT2D eigenvalue weighted by Crippen LogP contribution is 2.35. The average Bonchev–Trinajstić information content (AvgIpc) is 2.95. The molecule has 2 aliphatic heterocycles. The van der Waals surface area contributed by atoms with Gasteiger partial charge in [-0.05, 0) is 31.4 Å². The quantitative estimate of drug-likeness (QED) is 0.765. The first-order chi connectivity index (χ1) is 8.66. The van der Waals surface area contributed by atoms with Crippen LogP contribution >= 0.6 is 0 Å². The minimum atomic E-state index is -0.00874. The highest BCUT2D eigenvalue weighted by molar-refractivity contribution is 6.00. The number of nitrogens with zero attached hydrogens (tertiary/aromatic N) is 1. The van der Waals surface area contributed by atoms with Gasteiger partial charge in [-0.25, -0.2) is 0 Å². The number of hydrogen-bond donors (Lipinski definition) is 1. The summed E-state index contributed by atoms with van der Waals surface area (Å²) in [6.07, 6.45) is 1.90. The van der Waals surface area contributed by atoms with Crippen LogP contribution in [0.5, 0.6) is 0 Å². The van der Waals surface area contributed by atoms with Crippen LogP contribution in [-0.2, 0) is 16.0 Å². The van der Waals surface area contributed by atoms with E-state index in [1.165, 1.54) is 5.56 Å². The Hall–Kier alpha value is -1.55. The van der Waals surface area contributed by atoms with Crippen LogP contribution in [0.3, 0.4) is 0 Å². The number of nitrogens with two attached hydrogens (primary N) is 1. The van der Waals surface area contributed by atoms with E-state index in [-0.39, 0.29) is 17.9 Å². The number of anilines is 2. The van der Waals surface area contributed by atoms with E-state index in [2.05, 4.69) is 0 Å². The van der Waals surface area contributed by atoms with Crippen molar-refractivity contribution < 1.29 is 9.53 Å². The zero-order valence-electron chi connectivity index (χ0n) is 10.6. The maximum Gasteiger partial charge on any atom is 0.232 e. The van der Waals surface area contributed by atoms with Crippen LogP contribution in [0.1, 0.15) is 18.9 Å². The monoisotopic (exact) mass is 246 g/mol. The van der Waals surface area contributed by atoms with Crippen LogP contribution in [0.2, 0.25) is 0 Å². The van der Waals surface area contributed by atoms with Gasteiger partial charge in [0.2, 0.25) is 5.91 Å². The molecule has 2 unspecified atom stereocenters. The number of carbonyl (C=O) groups excluding carboxylic acids is 1. The number of fused-ring (bicyclic) bond motifs is 1. The minimum absolute atomic E-state index is 0.00874. The van der Waals surface area contributed by atoms with Crippen LogP contribution in [0.15, 0.2) is 18.2 Å². The smallest absolute Gasteiger partial charge is 0.232 e. The summed E-state index contributed by atoms with van der Waals surface area (Å²) in [4.78, 5) is 14.3. The highest BCUT2D eigenvalue weighted by Gasteiger charge is 2.35. The number of hydrogen-bond acceptors (Lipinski definition) is 3. The van der Waals surface area contributed by atoms with E-state index in [9.17, 15) is 4.79 Å². The van der Waals surface area contributed by atoms with Crippen LogP contribution in [0, 0.1) is 5.92 Å². The molecule has 4 heteroatoms. The van der Waals surface area contributed by atoms with Crippen molar-refractivity contribution >= 4 is 17.3 Å². The van der Waals surface area contributed by atoms with Gasteiger partial charge in [-0.15, -0.1) is 0 Å². The van der Waals surface area contributed by atoms with Crippen molar-refractivity contribution in [1.82, 2.24) is 0 Å². The molecule has 1 aromatic rings. The number of nitrogen functional groups attached to an aromatic ring is 1. The molecular formula is C14H18N2O2. The topological polar surface area (TPSA) is 55.6 Å². The molecule has 1 aromatic carbocycles. The molecule has 2 N–H and O–H groups in total. The Morgan fingerprint density at radius 1 is 1.50 bits per heavy atom.